The fourth-order valence-electron chi connectivity index (χ4n) is 2.92. The molecule has 3 heteroatoms. The summed E-state index contributed by atoms with van der Waals surface area (Å²) in [6.07, 6.45) is 1.08. The van der Waals surface area contributed by atoms with Crippen LogP contribution in [0, 0.1) is 6.92 Å². The van der Waals surface area contributed by atoms with Gasteiger partial charge >= 0.3 is 0 Å². The number of likely N-dealkylation sites (N-methyl/N-ethyl adjacent to an activating group) is 1. The van der Waals surface area contributed by atoms with E-state index < -0.39 is 0 Å². The Kier molecular flexibility index (Phi) is 4.25. The molecule has 1 unspecified atom stereocenters. The summed E-state index contributed by atoms with van der Waals surface area (Å²) in [6.45, 7) is 8.42. The Bertz CT molecular complexity index is 403. The fraction of sp³-hybridized carbons (Fsp3) is 0.600. The number of piperazine rings is 1. The van der Waals surface area contributed by atoms with Crippen LogP contribution in [-0.2, 0) is 6.42 Å². The third-order valence-corrected chi connectivity index (χ3v) is 3.95. The molecule has 0 spiro atoms. The van der Waals surface area contributed by atoms with E-state index in [0.29, 0.717) is 6.04 Å². The van der Waals surface area contributed by atoms with E-state index in [2.05, 4.69) is 48.9 Å². The maximum Gasteiger partial charge on any atom is 0.0539 e. The lowest BCUT2D eigenvalue weighted by atomic mass is 10.0. The highest BCUT2D eigenvalue weighted by atomic mass is 15.3. The molecule has 0 aromatic heterocycles. The molecule has 1 aromatic rings. The zero-order chi connectivity index (χ0) is 13.1. The molecule has 1 heterocycles. The molecule has 1 atom stereocenters. The topological polar surface area (TPSA) is 32.5 Å². The largest absolute Gasteiger partial charge is 0.364 e. The molecule has 2 rings (SSSR count). The number of aryl methyl sites for hydroxylation is 2. The van der Waals surface area contributed by atoms with E-state index in [4.69, 9.17) is 5.73 Å². The van der Waals surface area contributed by atoms with Crippen molar-refractivity contribution in [2.24, 2.45) is 5.73 Å². The van der Waals surface area contributed by atoms with Crippen LogP contribution in [0.4, 0.5) is 5.69 Å². The summed E-state index contributed by atoms with van der Waals surface area (Å²) in [5.74, 6) is 0. The van der Waals surface area contributed by atoms with Crippen LogP contribution in [0.25, 0.3) is 0 Å². The Balaban J connectivity index is 2.35. The Morgan fingerprint density at radius 2 is 2.11 bits per heavy atom. The minimum atomic E-state index is 0.440. The number of nitrogens with zero attached hydrogens (tertiary/aromatic N) is 2. The van der Waals surface area contributed by atoms with Gasteiger partial charge in [0, 0.05) is 31.9 Å². The molecule has 1 aliphatic rings. The van der Waals surface area contributed by atoms with E-state index in [0.717, 1.165) is 32.6 Å². The molecule has 0 aliphatic carbocycles. The Labute approximate surface area is 111 Å². The molecule has 1 aromatic carbocycles. The summed E-state index contributed by atoms with van der Waals surface area (Å²) in [5, 5.41) is 0. The number of para-hydroxylation sites is 1. The van der Waals surface area contributed by atoms with Crippen molar-refractivity contribution in [1.29, 1.82) is 0 Å². The van der Waals surface area contributed by atoms with Gasteiger partial charge in [0.25, 0.3) is 0 Å². The van der Waals surface area contributed by atoms with Crippen LogP contribution in [0.3, 0.4) is 0 Å². The summed E-state index contributed by atoms with van der Waals surface area (Å²) < 4.78 is 0. The average Bonchev–Trinajstić information content (AvgIpc) is 2.38. The maximum absolute atomic E-state index is 5.97. The Morgan fingerprint density at radius 1 is 1.33 bits per heavy atom. The summed E-state index contributed by atoms with van der Waals surface area (Å²) in [5.41, 5.74) is 10.2. The zero-order valence-corrected chi connectivity index (χ0v) is 11.8. The highest BCUT2D eigenvalue weighted by Gasteiger charge is 2.26. The highest BCUT2D eigenvalue weighted by Crippen LogP contribution is 2.28. The van der Waals surface area contributed by atoms with E-state index in [9.17, 15) is 0 Å². The molecule has 0 radical (unpaired) electrons. The Morgan fingerprint density at radius 3 is 2.78 bits per heavy atom. The molecular formula is C15H25N3. The van der Waals surface area contributed by atoms with Gasteiger partial charge in [-0.25, -0.2) is 0 Å². The average molecular weight is 247 g/mol. The van der Waals surface area contributed by atoms with Gasteiger partial charge in [-0.2, -0.15) is 0 Å². The molecule has 18 heavy (non-hydrogen) atoms. The van der Waals surface area contributed by atoms with Crippen molar-refractivity contribution in [3.63, 3.8) is 0 Å². The van der Waals surface area contributed by atoms with Crippen LogP contribution in [0.2, 0.25) is 0 Å². The molecule has 1 saturated heterocycles. The highest BCUT2D eigenvalue weighted by molar-refractivity contribution is 5.60. The van der Waals surface area contributed by atoms with Crippen LogP contribution in [0.1, 0.15) is 18.1 Å². The quantitative estimate of drug-likeness (QED) is 0.881. The third kappa shape index (κ3) is 2.52. The predicted octanol–water partition coefficient (Wildman–Crippen LogP) is 1.64. The molecule has 100 valence electrons. The van der Waals surface area contributed by atoms with Crippen molar-refractivity contribution in [2.75, 3.05) is 38.1 Å². The Hall–Kier alpha value is -1.06. The summed E-state index contributed by atoms with van der Waals surface area (Å²) in [4.78, 5) is 4.89. The lowest BCUT2D eigenvalue weighted by molar-refractivity contribution is 0.269. The smallest absolute Gasteiger partial charge is 0.0539 e. The third-order valence-electron chi connectivity index (χ3n) is 3.95. The minimum absolute atomic E-state index is 0.440. The van der Waals surface area contributed by atoms with Crippen LogP contribution >= 0.6 is 0 Å². The van der Waals surface area contributed by atoms with Gasteiger partial charge in [-0.3, -0.25) is 0 Å². The predicted molar refractivity (Wildman–Crippen MR) is 78.2 cm³/mol. The van der Waals surface area contributed by atoms with Gasteiger partial charge in [-0.05, 0) is 31.5 Å². The molecule has 0 saturated carbocycles. The first kappa shape index (κ1) is 13.4. The van der Waals surface area contributed by atoms with Crippen molar-refractivity contribution < 1.29 is 0 Å². The van der Waals surface area contributed by atoms with E-state index in [1.165, 1.54) is 16.8 Å². The van der Waals surface area contributed by atoms with E-state index >= 15 is 0 Å². The van der Waals surface area contributed by atoms with Gasteiger partial charge in [-0.15, -0.1) is 0 Å². The summed E-state index contributed by atoms with van der Waals surface area (Å²) in [6, 6.07) is 7.05. The number of nitrogens with two attached hydrogens (primary N) is 1. The molecular weight excluding hydrogens is 222 g/mol. The van der Waals surface area contributed by atoms with Gasteiger partial charge in [0.05, 0.1) is 6.04 Å². The maximum atomic E-state index is 5.97. The zero-order valence-electron chi connectivity index (χ0n) is 11.8. The standard InChI is InChI=1S/C15H25N3/c1-4-13-7-5-6-12(2)15(13)18-9-8-17(3)11-14(18)10-16/h5-7,14H,4,8-11,16H2,1-3H3. The number of benzene rings is 1. The molecule has 1 fully saturated rings. The van der Waals surface area contributed by atoms with Crippen molar-refractivity contribution in [3.05, 3.63) is 29.3 Å². The normalized spacial score (nSPS) is 21.3. The summed E-state index contributed by atoms with van der Waals surface area (Å²) in [7, 11) is 2.18. The lowest BCUT2D eigenvalue weighted by Crippen LogP contribution is -2.55. The van der Waals surface area contributed by atoms with Crippen LogP contribution < -0.4 is 10.6 Å². The van der Waals surface area contributed by atoms with Crippen LogP contribution in [-0.4, -0.2) is 44.2 Å². The van der Waals surface area contributed by atoms with Gasteiger partial charge in [0.2, 0.25) is 0 Å². The molecule has 0 amide bonds. The summed E-state index contributed by atoms with van der Waals surface area (Å²) >= 11 is 0. The minimum Gasteiger partial charge on any atom is -0.364 e. The second-order valence-electron chi connectivity index (χ2n) is 5.28. The fourth-order valence-corrected chi connectivity index (χ4v) is 2.92. The van der Waals surface area contributed by atoms with E-state index in [-0.39, 0.29) is 0 Å². The van der Waals surface area contributed by atoms with E-state index in [1.54, 1.807) is 0 Å². The van der Waals surface area contributed by atoms with Crippen LogP contribution in [0.5, 0.6) is 0 Å². The van der Waals surface area contributed by atoms with Crippen LogP contribution in [0.15, 0.2) is 18.2 Å². The molecule has 1 aliphatic heterocycles. The first-order valence-electron chi connectivity index (χ1n) is 6.91. The van der Waals surface area contributed by atoms with Gasteiger partial charge < -0.3 is 15.5 Å². The van der Waals surface area contributed by atoms with Gasteiger partial charge in [0.1, 0.15) is 0 Å². The first-order chi connectivity index (χ1) is 8.67. The van der Waals surface area contributed by atoms with Crippen molar-refractivity contribution >= 4 is 5.69 Å². The number of hydrogen-bond acceptors (Lipinski definition) is 3. The lowest BCUT2D eigenvalue weighted by Gasteiger charge is -2.42. The van der Waals surface area contributed by atoms with E-state index in [1.807, 2.05) is 0 Å². The number of hydrogen-bond donors (Lipinski definition) is 1. The van der Waals surface area contributed by atoms with Crippen molar-refractivity contribution in [1.82, 2.24) is 4.90 Å². The second kappa shape index (κ2) is 5.72. The second-order valence-corrected chi connectivity index (χ2v) is 5.28. The van der Waals surface area contributed by atoms with Gasteiger partial charge in [0.15, 0.2) is 0 Å². The van der Waals surface area contributed by atoms with Crippen molar-refractivity contribution in [3.8, 4) is 0 Å². The molecule has 2 N–H and O–H groups in total. The SMILES string of the molecule is CCc1cccc(C)c1N1CCN(C)CC1CN. The number of rotatable bonds is 3. The first-order valence-corrected chi connectivity index (χ1v) is 6.91. The monoisotopic (exact) mass is 247 g/mol. The molecule has 0 bridgehead atoms. The molecule has 3 nitrogen and oxygen atoms in total. The number of anilines is 1. The van der Waals surface area contributed by atoms with Gasteiger partial charge in [-0.1, -0.05) is 25.1 Å². The van der Waals surface area contributed by atoms with Crippen molar-refractivity contribution in [2.45, 2.75) is 26.3 Å².